The highest BCUT2D eigenvalue weighted by Crippen LogP contribution is 2.30. The summed E-state index contributed by atoms with van der Waals surface area (Å²) in [4.78, 5) is 13.7. The molecule has 0 atom stereocenters. The third-order valence-corrected chi connectivity index (χ3v) is 2.64. The second-order valence-electron chi connectivity index (χ2n) is 4.41. The van der Waals surface area contributed by atoms with Crippen molar-refractivity contribution in [3.8, 4) is 0 Å². The van der Waals surface area contributed by atoms with Crippen LogP contribution in [-0.4, -0.2) is 35.1 Å². The van der Waals surface area contributed by atoms with Crippen LogP contribution in [0.4, 0.5) is 0 Å². The van der Waals surface area contributed by atoms with Crippen molar-refractivity contribution in [2.75, 3.05) is 13.2 Å². The van der Waals surface area contributed by atoms with Crippen LogP contribution in [0, 0.1) is 5.92 Å². The lowest BCUT2D eigenvalue weighted by Gasteiger charge is -2.26. The minimum absolute atomic E-state index is 0.112. The Morgan fingerprint density at radius 1 is 1.50 bits per heavy atom. The first-order chi connectivity index (χ1) is 6.65. The van der Waals surface area contributed by atoms with Crippen LogP contribution in [0.25, 0.3) is 0 Å². The molecule has 0 saturated heterocycles. The van der Waals surface area contributed by atoms with E-state index in [1.165, 1.54) is 12.8 Å². The molecule has 0 aromatic rings. The number of amides is 1. The molecule has 1 fully saturated rings. The second-order valence-corrected chi connectivity index (χ2v) is 4.41. The summed E-state index contributed by atoms with van der Waals surface area (Å²) in [5.41, 5.74) is 0. The predicted octanol–water partition coefficient (Wildman–Crippen LogP) is 1.41. The van der Waals surface area contributed by atoms with Crippen LogP contribution in [0.2, 0.25) is 0 Å². The van der Waals surface area contributed by atoms with Crippen molar-refractivity contribution in [3.63, 3.8) is 0 Å². The summed E-state index contributed by atoms with van der Waals surface area (Å²) < 4.78 is 0. The minimum Gasteiger partial charge on any atom is -0.396 e. The van der Waals surface area contributed by atoms with Gasteiger partial charge in [-0.2, -0.15) is 0 Å². The normalized spacial score (nSPS) is 16.0. The number of aliphatic hydroxyl groups excluding tert-OH is 1. The largest absolute Gasteiger partial charge is 0.396 e. The number of hydrogen-bond acceptors (Lipinski definition) is 2. The Bertz CT molecular complexity index is 188. The Balaban J connectivity index is 2.35. The molecule has 3 nitrogen and oxygen atoms in total. The molecule has 0 aromatic carbocycles. The van der Waals surface area contributed by atoms with Crippen LogP contribution in [0.3, 0.4) is 0 Å². The summed E-state index contributed by atoms with van der Waals surface area (Å²) in [6.45, 7) is 5.14. The van der Waals surface area contributed by atoms with E-state index in [1.54, 1.807) is 0 Å². The van der Waals surface area contributed by atoms with Gasteiger partial charge in [-0.25, -0.2) is 0 Å². The average molecular weight is 199 g/mol. The standard InChI is InChI=1S/C11H21NO2/c1-9(2)12(8-10-5-6-10)11(14)4-3-7-13/h9-10,13H,3-8H2,1-2H3. The lowest BCUT2D eigenvalue weighted by atomic mass is 10.2. The molecule has 1 aliphatic rings. The highest BCUT2D eigenvalue weighted by molar-refractivity contribution is 5.76. The van der Waals surface area contributed by atoms with Crippen molar-refractivity contribution in [1.82, 2.24) is 4.90 Å². The predicted molar refractivity (Wildman–Crippen MR) is 55.9 cm³/mol. The Morgan fingerprint density at radius 3 is 2.57 bits per heavy atom. The van der Waals surface area contributed by atoms with E-state index in [9.17, 15) is 4.79 Å². The van der Waals surface area contributed by atoms with Crippen LogP contribution < -0.4 is 0 Å². The van der Waals surface area contributed by atoms with Crippen molar-refractivity contribution >= 4 is 5.91 Å². The molecule has 1 saturated carbocycles. The summed E-state index contributed by atoms with van der Waals surface area (Å²) in [5.74, 6) is 0.941. The van der Waals surface area contributed by atoms with Crippen molar-refractivity contribution in [2.24, 2.45) is 5.92 Å². The highest BCUT2D eigenvalue weighted by atomic mass is 16.3. The lowest BCUT2D eigenvalue weighted by Crippen LogP contribution is -2.38. The van der Waals surface area contributed by atoms with E-state index in [0.717, 1.165) is 12.5 Å². The average Bonchev–Trinajstić information content (AvgIpc) is 2.93. The maximum Gasteiger partial charge on any atom is 0.222 e. The van der Waals surface area contributed by atoms with E-state index in [1.807, 2.05) is 4.90 Å². The molecule has 1 rings (SSSR count). The Hall–Kier alpha value is -0.570. The van der Waals surface area contributed by atoms with Crippen molar-refractivity contribution in [2.45, 2.75) is 45.6 Å². The van der Waals surface area contributed by atoms with E-state index < -0.39 is 0 Å². The third-order valence-electron chi connectivity index (χ3n) is 2.64. The number of carbonyl (C=O) groups is 1. The molecule has 0 radical (unpaired) electrons. The molecule has 3 heteroatoms. The van der Waals surface area contributed by atoms with Gasteiger partial charge in [0, 0.05) is 25.6 Å². The van der Waals surface area contributed by atoms with Gasteiger partial charge in [-0.15, -0.1) is 0 Å². The monoisotopic (exact) mass is 199 g/mol. The van der Waals surface area contributed by atoms with E-state index >= 15 is 0 Å². The molecule has 0 spiro atoms. The third kappa shape index (κ3) is 3.66. The van der Waals surface area contributed by atoms with Crippen LogP contribution in [0.5, 0.6) is 0 Å². The first kappa shape index (κ1) is 11.5. The molecule has 14 heavy (non-hydrogen) atoms. The summed E-state index contributed by atoms with van der Waals surface area (Å²) in [7, 11) is 0. The van der Waals surface area contributed by atoms with E-state index in [4.69, 9.17) is 5.11 Å². The van der Waals surface area contributed by atoms with Gasteiger partial charge in [0.15, 0.2) is 0 Å². The minimum atomic E-state index is 0.112. The van der Waals surface area contributed by atoms with Gasteiger partial charge in [0.25, 0.3) is 0 Å². The van der Waals surface area contributed by atoms with E-state index in [0.29, 0.717) is 18.9 Å². The van der Waals surface area contributed by atoms with Gasteiger partial charge in [-0.1, -0.05) is 0 Å². The van der Waals surface area contributed by atoms with Gasteiger partial charge in [-0.3, -0.25) is 4.79 Å². The number of aliphatic hydroxyl groups is 1. The molecular formula is C11H21NO2. The van der Waals surface area contributed by atoms with Crippen molar-refractivity contribution in [3.05, 3.63) is 0 Å². The Morgan fingerprint density at radius 2 is 2.14 bits per heavy atom. The zero-order valence-corrected chi connectivity index (χ0v) is 9.20. The summed E-state index contributed by atoms with van der Waals surface area (Å²) in [6, 6.07) is 0.293. The number of hydrogen-bond donors (Lipinski definition) is 1. The fourth-order valence-corrected chi connectivity index (χ4v) is 1.55. The fourth-order valence-electron chi connectivity index (χ4n) is 1.55. The molecule has 82 valence electrons. The van der Waals surface area contributed by atoms with E-state index in [-0.39, 0.29) is 12.5 Å². The summed E-state index contributed by atoms with van der Waals surface area (Å²) in [5, 5.41) is 8.66. The lowest BCUT2D eigenvalue weighted by molar-refractivity contribution is -0.133. The van der Waals surface area contributed by atoms with Gasteiger partial charge in [0.1, 0.15) is 0 Å². The fraction of sp³-hybridized carbons (Fsp3) is 0.909. The molecule has 0 heterocycles. The Labute approximate surface area is 86.1 Å². The van der Waals surface area contributed by atoms with E-state index in [2.05, 4.69) is 13.8 Å². The first-order valence-corrected chi connectivity index (χ1v) is 5.55. The maximum absolute atomic E-state index is 11.7. The molecule has 1 N–H and O–H groups in total. The van der Waals surface area contributed by atoms with Gasteiger partial charge >= 0.3 is 0 Å². The molecule has 0 aromatic heterocycles. The number of carbonyl (C=O) groups excluding carboxylic acids is 1. The van der Waals surface area contributed by atoms with Crippen LogP contribution in [0.15, 0.2) is 0 Å². The van der Waals surface area contributed by atoms with Gasteiger partial charge in [0.05, 0.1) is 0 Å². The molecular weight excluding hydrogens is 178 g/mol. The zero-order valence-electron chi connectivity index (χ0n) is 9.20. The summed E-state index contributed by atoms with van der Waals surface area (Å²) in [6.07, 6.45) is 3.63. The van der Waals surface area contributed by atoms with Gasteiger partial charge in [0.2, 0.25) is 5.91 Å². The van der Waals surface area contributed by atoms with Gasteiger partial charge in [-0.05, 0) is 39.0 Å². The topological polar surface area (TPSA) is 40.5 Å². The van der Waals surface area contributed by atoms with Crippen LogP contribution in [0.1, 0.15) is 39.5 Å². The van der Waals surface area contributed by atoms with Gasteiger partial charge < -0.3 is 10.0 Å². The van der Waals surface area contributed by atoms with Crippen LogP contribution in [-0.2, 0) is 4.79 Å². The number of rotatable bonds is 6. The van der Waals surface area contributed by atoms with Crippen molar-refractivity contribution < 1.29 is 9.90 Å². The highest BCUT2D eigenvalue weighted by Gasteiger charge is 2.27. The first-order valence-electron chi connectivity index (χ1n) is 5.55. The maximum atomic E-state index is 11.7. The molecule has 1 aliphatic carbocycles. The molecule has 0 bridgehead atoms. The molecule has 0 aliphatic heterocycles. The second kappa shape index (κ2) is 5.35. The van der Waals surface area contributed by atoms with Crippen LogP contribution >= 0.6 is 0 Å². The molecule has 1 amide bonds. The zero-order chi connectivity index (χ0) is 10.6. The quantitative estimate of drug-likeness (QED) is 0.702. The molecule has 0 unspecified atom stereocenters. The smallest absolute Gasteiger partial charge is 0.222 e. The Kier molecular flexibility index (Phi) is 4.39. The summed E-state index contributed by atoms with van der Waals surface area (Å²) >= 11 is 0. The van der Waals surface area contributed by atoms with Crippen molar-refractivity contribution in [1.29, 1.82) is 0 Å². The number of nitrogens with zero attached hydrogens (tertiary/aromatic N) is 1. The SMILES string of the molecule is CC(C)N(CC1CC1)C(=O)CCCO.